The zero-order valence-corrected chi connectivity index (χ0v) is 12.1. The van der Waals surface area contributed by atoms with Gasteiger partial charge in [0.25, 0.3) is 5.91 Å². The van der Waals surface area contributed by atoms with Crippen LogP contribution in [0.2, 0.25) is 0 Å². The van der Waals surface area contributed by atoms with Crippen LogP contribution in [0.4, 0.5) is 11.4 Å². The molecule has 1 aromatic carbocycles. The van der Waals surface area contributed by atoms with E-state index >= 15 is 0 Å². The third-order valence-corrected chi connectivity index (χ3v) is 2.93. The Labute approximate surface area is 115 Å². The van der Waals surface area contributed by atoms with E-state index in [1.165, 1.54) is 0 Å². The molecule has 0 atom stereocenters. The van der Waals surface area contributed by atoms with Gasteiger partial charge in [-0.3, -0.25) is 4.79 Å². The van der Waals surface area contributed by atoms with Crippen molar-refractivity contribution in [2.75, 3.05) is 30.4 Å². The summed E-state index contributed by atoms with van der Waals surface area (Å²) in [6.07, 6.45) is 0. The summed E-state index contributed by atoms with van der Waals surface area (Å²) in [7, 11) is 1.65. The molecule has 0 radical (unpaired) electrons. The monoisotopic (exact) mass is 262 g/mol. The van der Waals surface area contributed by atoms with Gasteiger partial charge in [-0.15, -0.1) is 0 Å². The van der Waals surface area contributed by atoms with Crippen LogP contribution < -0.4 is 15.0 Å². The lowest BCUT2D eigenvalue weighted by atomic mass is 10.2. The molecular formula is C15H22N2O2. The largest absolute Gasteiger partial charge is 0.495 e. The molecule has 0 fully saturated rings. The first-order valence-corrected chi connectivity index (χ1v) is 6.43. The Balaban J connectivity index is 3.07. The van der Waals surface area contributed by atoms with Crippen molar-refractivity contribution in [3.8, 4) is 5.75 Å². The molecule has 0 aromatic heterocycles. The lowest BCUT2D eigenvalue weighted by Gasteiger charge is -2.24. The van der Waals surface area contributed by atoms with Gasteiger partial charge < -0.3 is 15.0 Å². The molecule has 0 saturated carbocycles. The van der Waals surface area contributed by atoms with E-state index < -0.39 is 0 Å². The molecule has 0 spiro atoms. The van der Waals surface area contributed by atoms with Crippen LogP contribution in [-0.2, 0) is 4.79 Å². The Hall–Kier alpha value is -1.97. The van der Waals surface area contributed by atoms with Crippen molar-refractivity contribution in [1.82, 2.24) is 0 Å². The average molecular weight is 262 g/mol. The molecule has 0 aliphatic rings. The van der Waals surface area contributed by atoms with Crippen molar-refractivity contribution in [3.63, 3.8) is 0 Å². The minimum absolute atomic E-state index is 0.171. The predicted octanol–water partition coefficient (Wildman–Crippen LogP) is 3.06. The van der Waals surface area contributed by atoms with Crippen LogP contribution in [0.1, 0.15) is 20.8 Å². The minimum Gasteiger partial charge on any atom is -0.495 e. The number of benzene rings is 1. The van der Waals surface area contributed by atoms with Gasteiger partial charge in [-0.05, 0) is 39.0 Å². The summed E-state index contributed by atoms with van der Waals surface area (Å²) in [6.45, 7) is 11.2. The smallest absolute Gasteiger partial charge is 0.250 e. The van der Waals surface area contributed by atoms with E-state index in [9.17, 15) is 4.79 Å². The van der Waals surface area contributed by atoms with Gasteiger partial charge in [0, 0.05) is 24.4 Å². The highest BCUT2D eigenvalue weighted by Crippen LogP contribution is 2.31. The van der Waals surface area contributed by atoms with Crippen LogP contribution in [-0.4, -0.2) is 26.1 Å². The summed E-state index contributed by atoms with van der Waals surface area (Å²) in [5.74, 6) is 0.632. The van der Waals surface area contributed by atoms with Crippen molar-refractivity contribution in [2.24, 2.45) is 0 Å². The van der Waals surface area contributed by atoms with Crippen molar-refractivity contribution in [3.05, 3.63) is 30.4 Å². The zero-order chi connectivity index (χ0) is 14.4. The van der Waals surface area contributed by atoms with Crippen LogP contribution >= 0.6 is 0 Å². The van der Waals surface area contributed by atoms with Gasteiger partial charge >= 0.3 is 0 Å². The van der Waals surface area contributed by atoms with Crippen molar-refractivity contribution in [2.45, 2.75) is 20.8 Å². The lowest BCUT2D eigenvalue weighted by molar-refractivity contribution is -0.112. The first-order chi connectivity index (χ1) is 9.03. The van der Waals surface area contributed by atoms with Crippen LogP contribution in [0.3, 0.4) is 0 Å². The number of carbonyl (C=O) groups excluding carboxylic acids is 1. The summed E-state index contributed by atoms with van der Waals surface area (Å²) in [6, 6.07) is 5.61. The first-order valence-electron chi connectivity index (χ1n) is 6.43. The van der Waals surface area contributed by atoms with Crippen molar-refractivity contribution in [1.29, 1.82) is 0 Å². The number of ether oxygens (including phenoxy) is 1. The van der Waals surface area contributed by atoms with Crippen LogP contribution in [0, 0.1) is 0 Å². The maximum atomic E-state index is 11.6. The van der Waals surface area contributed by atoms with E-state index in [2.05, 4.69) is 30.6 Å². The zero-order valence-electron chi connectivity index (χ0n) is 12.1. The van der Waals surface area contributed by atoms with Gasteiger partial charge in [0.05, 0.1) is 12.8 Å². The maximum Gasteiger partial charge on any atom is 0.250 e. The standard InChI is InChI=1S/C15H22N2O2/c1-6-17(7-2)13-10-12(8-9-14(13)19-5)16-15(18)11(3)4/h8-10H,3,6-7H2,1-2,4-5H3,(H,16,18). The second-order valence-corrected chi connectivity index (χ2v) is 4.29. The molecule has 0 aliphatic carbocycles. The number of amides is 1. The highest BCUT2D eigenvalue weighted by atomic mass is 16.5. The summed E-state index contributed by atoms with van der Waals surface area (Å²) in [4.78, 5) is 13.8. The molecule has 0 aliphatic heterocycles. The van der Waals surface area contributed by atoms with Crippen LogP contribution in [0.25, 0.3) is 0 Å². The van der Waals surface area contributed by atoms with Crippen molar-refractivity contribution < 1.29 is 9.53 Å². The molecule has 4 nitrogen and oxygen atoms in total. The topological polar surface area (TPSA) is 41.6 Å². The molecule has 0 heterocycles. The normalized spacial score (nSPS) is 9.89. The fraction of sp³-hybridized carbons (Fsp3) is 0.400. The van der Waals surface area contributed by atoms with Gasteiger partial charge in [0.1, 0.15) is 5.75 Å². The Bertz CT molecular complexity index is 465. The summed E-state index contributed by atoms with van der Waals surface area (Å²) in [5.41, 5.74) is 2.21. The lowest BCUT2D eigenvalue weighted by Crippen LogP contribution is -2.22. The number of hydrogen-bond acceptors (Lipinski definition) is 3. The molecule has 1 rings (SSSR count). The predicted molar refractivity (Wildman–Crippen MR) is 80.0 cm³/mol. The van der Waals surface area contributed by atoms with Crippen LogP contribution in [0.5, 0.6) is 5.75 Å². The van der Waals surface area contributed by atoms with Crippen LogP contribution in [0.15, 0.2) is 30.4 Å². The summed E-state index contributed by atoms with van der Waals surface area (Å²) >= 11 is 0. The number of methoxy groups -OCH3 is 1. The van der Waals surface area contributed by atoms with Gasteiger partial charge in [-0.1, -0.05) is 6.58 Å². The SMILES string of the molecule is C=C(C)C(=O)Nc1ccc(OC)c(N(CC)CC)c1. The van der Waals surface area contributed by atoms with E-state index in [1.807, 2.05) is 18.2 Å². The maximum absolute atomic E-state index is 11.6. The Morgan fingerprint density at radius 3 is 2.47 bits per heavy atom. The second-order valence-electron chi connectivity index (χ2n) is 4.29. The molecule has 0 saturated heterocycles. The molecule has 4 heteroatoms. The van der Waals surface area contributed by atoms with E-state index in [4.69, 9.17) is 4.74 Å². The second kappa shape index (κ2) is 6.83. The molecule has 0 unspecified atom stereocenters. The number of nitrogens with zero attached hydrogens (tertiary/aromatic N) is 1. The third-order valence-electron chi connectivity index (χ3n) is 2.93. The molecule has 19 heavy (non-hydrogen) atoms. The molecule has 1 aromatic rings. The fourth-order valence-electron chi connectivity index (χ4n) is 1.82. The molecule has 1 N–H and O–H groups in total. The highest BCUT2D eigenvalue weighted by molar-refractivity contribution is 6.03. The molecular weight excluding hydrogens is 240 g/mol. The van der Waals surface area contributed by atoms with E-state index in [1.54, 1.807) is 14.0 Å². The third kappa shape index (κ3) is 3.74. The number of hydrogen-bond donors (Lipinski definition) is 1. The van der Waals surface area contributed by atoms with E-state index in [0.29, 0.717) is 5.57 Å². The number of rotatable bonds is 6. The van der Waals surface area contributed by atoms with Crippen molar-refractivity contribution >= 4 is 17.3 Å². The number of anilines is 2. The van der Waals surface area contributed by atoms with E-state index in [-0.39, 0.29) is 5.91 Å². The first kappa shape index (κ1) is 15.1. The van der Waals surface area contributed by atoms with Gasteiger partial charge in [-0.25, -0.2) is 0 Å². The molecule has 104 valence electrons. The highest BCUT2D eigenvalue weighted by Gasteiger charge is 2.11. The van der Waals surface area contributed by atoms with Gasteiger partial charge in [0.2, 0.25) is 0 Å². The summed E-state index contributed by atoms with van der Waals surface area (Å²) < 4.78 is 5.37. The van der Waals surface area contributed by atoms with Gasteiger partial charge in [0.15, 0.2) is 0 Å². The summed E-state index contributed by atoms with van der Waals surface area (Å²) in [5, 5.41) is 2.82. The Morgan fingerprint density at radius 2 is 2.00 bits per heavy atom. The van der Waals surface area contributed by atoms with E-state index in [0.717, 1.165) is 30.2 Å². The van der Waals surface area contributed by atoms with Gasteiger partial charge in [-0.2, -0.15) is 0 Å². The Morgan fingerprint density at radius 1 is 1.37 bits per heavy atom. The average Bonchev–Trinajstić information content (AvgIpc) is 2.40. The number of carbonyl (C=O) groups is 1. The fourth-order valence-corrected chi connectivity index (χ4v) is 1.82. The quantitative estimate of drug-likeness (QED) is 0.801. The molecule has 1 amide bonds. The number of nitrogens with one attached hydrogen (secondary N) is 1. The molecule has 0 bridgehead atoms. The Kier molecular flexibility index (Phi) is 5.42. The minimum atomic E-state index is -0.171.